The zero-order valence-corrected chi connectivity index (χ0v) is 14.7. The Balaban J connectivity index is 1.56. The Labute approximate surface area is 140 Å². The van der Waals surface area contributed by atoms with Crippen LogP contribution in [0.15, 0.2) is 16.8 Å². The van der Waals surface area contributed by atoms with Crippen LogP contribution in [-0.2, 0) is 14.8 Å². The van der Waals surface area contributed by atoms with Crippen LogP contribution in [0.25, 0.3) is 0 Å². The molecule has 1 aromatic heterocycles. The smallest absolute Gasteiger partial charge is 0.252 e. The van der Waals surface area contributed by atoms with E-state index in [0.29, 0.717) is 38.2 Å². The zero-order chi connectivity index (χ0) is 16.4. The third-order valence-corrected chi connectivity index (χ3v) is 7.26. The van der Waals surface area contributed by atoms with Gasteiger partial charge in [-0.2, -0.15) is 15.6 Å². The van der Waals surface area contributed by atoms with Crippen molar-refractivity contribution in [2.75, 3.05) is 32.0 Å². The Morgan fingerprint density at radius 3 is 3.00 bits per heavy atom. The maximum Gasteiger partial charge on any atom is 0.252 e. The Bertz CT molecular complexity index is 644. The highest BCUT2D eigenvalue weighted by Gasteiger charge is 2.46. The number of thiophene rings is 1. The average molecular weight is 358 g/mol. The lowest BCUT2D eigenvalue weighted by atomic mass is 9.93. The van der Waals surface area contributed by atoms with Gasteiger partial charge < -0.3 is 10.1 Å². The van der Waals surface area contributed by atoms with Gasteiger partial charge in [0.05, 0.1) is 18.5 Å². The summed E-state index contributed by atoms with van der Waals surface area (Å²) in [4.78, 5) is 12.0. The Morgan fingerprint density at radius 2 is 2.30 bits per heavy atom. The first-order valence-electron chi connectivity index (χ1n) is 7.91. The minimum Gasteiger partial charge on any atom is -0.376 e. The fourth-order valence-corrected chi connectivity index (χ4v) is 5.49. The summed E-state index contributed by atoms with van der Waals surface area (Å²) in [6.07, 6.45) is 0.583. The number of carbonyl (C=O) groups is 1. The fourth-order valence-electron chi connectivity index (χ4n) is 3.31. The van der Waals surface area contributed by atoms with E-state index in [1.807, 2.05) is 17.7 Å². The van der Waals surface area contributed by atoms with Crippen molar-refractivity contribution in [2.24, 2.45) is 11.8 Å². The van der Waals surface area contributed by atoms with Gasteiger partial charge in [0.15, 0.2) is 0 Å². The summed E-state index contributed by atoms with van der Waals surface area (Å²) in [5.41, 5.74) is 0.670. The van der Waals surface area contributed by atoms with Crippen LogP contribution in [0.4, 0.5) is 0 Å². The molecule has 8 heteroatoms. The molecule has 1 amide bonds. The molecule has 0 aromatic carbocycles. The van der Waals surface area contributed by atoms with Crippen LogP contribution in [0.1, 0.15) is 23.7 Å². The van der Waals surface area contributed by atoms with E-state index in [0.717, 1.165) is 0 Å². The van der Waals surface area contributed by atoms with Crippen LogP contribution in [0.2, 0.25) is 0 Å². The molecule has 6 nitrogen and oxygen atoms in total. The van der Waals surface area contributed by atoms with E-state index >= 15 is 0 Å². The van der Waals surface area contributed by atoms with Crippen LogP contribution >= 0.6 is 11.3 Å². The van der Waals surface area contributed by atoms with Gasteiger partial charge in [0.25, 0.3) is 5.91 Å². The number of hydrogen-bond donors (Lipinski definition) is 1. The second-order valence-electron chi connectivity index (χ2n) is 6.15. The number of sulfonamides is 1. The number of carbonyl (C=O) groups excluding carboxylic acids is 1. The van der Waals surface area contributed by atoms with E-state index in [1.54, 1.807) is 10.4 Å². The lowest BCUT2D eigenvalue weighted by molar-refractivity contribution is 0.0933. The van der Waals surface area contributed by atoms with Gasteiger partial charge in [0, 0.05) is 42.4 Å². The Morgan fingerprint density at radius 1 is 1.48 bits per heavy atom. The lowest BCUT2D eigenvalue weighted by Gasteiger charge is -2.19. The van der Waals surface area contributed by atoms with E-state index in [4.69, 9.17) is 4.74 Å². The monoisotopic (exact) mass is 358 g/mol. The normalized spacial score (nSPS) is 28.0. The van der Waals surface area contributed by atoms with Gasteiger partial charge in [0.1, 0.15) is 0 Å². The fraction of sp³-hybridized carbons (Fsp3) is 0.667. The van der Waals surface area contributed by atoms with E-state index in [2.05, 4.69) is 5.32 Å². The topological polar surface area (TPSA) is 75.7 Å². The van der Waals surface area contributed by atoms with Gasteiger partial charge in [-0.1, -0.05) is 6.92 Å². The van der Waals surface area contributed by atoms with Crippen LogP contribution in [0.5, 0.6) is 0 Å². The van der Waals surface area contributed by atoms with Gasteiger partial charge in [-0.05, 0) is 17.9 Å². The largest absolute Gasteiger partial charge is 0.376 e. The number of rotatable bonds is 6. The van der Waals surface area contributed by atoms with Crippen molar-refractivity contribution >= 4 is 27.3 Å². The molecular formula is C15H22N2O4S2. The first-order chi connectivity index (χ1) is 11.0. The molecule has 0 saturated carbocycles. The highest BCUT2D eigenvalue weighted by atomic mass is 32.2. The number of nitrogens with zero attached hydrogens (tertiary/aromatic N) is 1. The van der Waals surface area contributed by atoms with Crippen molar-refractivity contribution in [3.63, 3.8) is 0 Å². The van der Waals surface area contributed by atoms with Crippen molar-refractivity contribution in [3.8, 4) is 0 Å². The summed E-state index contributed by atoms with van der Waals surface area (Å²) >= 11 is 1.49. The van der Waals surface area contributed by atoms with Crippen LogP contribution in [0, 0.1) is 11.8 Å². The van der Waals surface area contributed by atoms with E-state index in [9.17, 15) is 13.2 Å². The molecule has 128 valence electrons. The first kappa shape index (κ1) is 16.9. The van der Waals surface area contributed by atoms with Crippen molar-refractivity contribution in [2.45, 2.75) is 19.4 Å². The number of fused-ring (bicyclic) bond motifs is 1. The Hall–Kier alpha value is -0.960. The minimum absolute atomic E-state index is 0.0373. The first-order valence-corrected chi connectivity index (χ1v) is 10.5. The third-order valence-electron chi connectivity index (χ3n) is 4.57. The predicted octanol–water partition coefficient (Wildman–Crippen LogP) is 1.16. The molecule has 2 saturated heterocycles. The third kappa shape index (κ3) is 3.60. The molecule has 2 aliphatic rings. The summed E-state index contributed by atoms with van der Waals surface area (Å²) in [5.74, 6) is 0.448. The minimum atomic E-state index is -3.17. The summed E-state index contributed by atoms with van der Waals surface area (Å²) < 4.78 is 31.7. The maximum atomic E-state index is 12.2. The molecule has 0 aliphatic carbocycles. The summed E-state index contributed by atoms with van der Waals surface area (Å²) in [6, 6.07) is 1.79. The molecule has 1 N–H and O–H groups in total. The van der Waals surface area contributed by atoms with Gasteiger partial charge in [-0.15, -0.1) is 0 Å². The van der Waals surface area contributed by atoms with Crippen molar-refractivity contribution in [3.05, 3.63) is 22.4 Å². The molecule has 3 rings (SSSR count). The Kier molecular flexibility index (Phi) is 5.05. The molecule has 1 aromatic rings. The summed E-state index contributed by atoms with van der Waals surface area (Å²) in [6.45, 7) is 3.93. The molecule has 2 aliphatic heterocycles. The SMILES string of the molecule is CCCS(=O)(=O)N1C[C@@H]2[C@@H](CNC(=O)c3ccsc3)CO[C@@H]2C1. The predicted molar refractivity (Wildman–Crippen MR) is 89.0 cm³/mol. The summed E-state index contributed by atoms with van der Waals surface area (Å²) in [5, 5.41) is 6.63. The van der Waals surface area contributed by atoms with E-state index < -0.39 is 10.0 Å². The second-order valence-corrected chi connectivity index (χ2v) is 9.02. The summed E-state index contributed by atoms with van der Waals surface area (Å²) in [7, 11) is -3.17. The van der Waals surface area contributed by atoms with Crippen molar-refractivity contribution in [1.29, 1.82) is 0 Å². The highest BCUT2D eigenvalue weighted by Crippen LogP contribution is 2.34. The molecule has 23 heavy (non-hydrogen) atoms. The highest BCUT2D eigenvalue weighted by molar-refractivity contribution is 7.89. The average Bonchev–Trinajstić information content (AvgIpc) is 3.21. The van der Waals surface area contributed by atoms with E-state index in [-0.39, 0.29) is 29.6 Å². The quantitative estimate of drug-likeness (QED) is 0.828. The van der Waals surface area contributed by atoms with Gasteiger partial charge in [0.2, 0.25) is 10.0 Å². The molecular weight excluding hydrogens is 336 g/mol. The molecule has 2 fully saturated rings. The van der Waals surface area contributed by atoms with Crippen LogP contribution < -0.4 is 5.32 Å². The van der Waals surface area contributed by atoms with Crippen LogP contribution in [-0.4, -0.2) is 56.7 Å². The molecule has 3 heterocycles. The molecule has 0 unspecified atom stereocenters. The van der Waals surface area contributed by atoms with Crippen LogP contribution in [0.3, 0.4) is 0 Å². The second kappa shape index (κ2) is 6.88. The standard InChI is InChI=1S/C15H22N2O4S2/c1-2-5-23(19,20)17-7-13-12(9-21-14(13)8-17)6-16-15(18)11-3-4-22-10-11/h3-4,10,12-14H,2,5-9H2,1H3,(H,16,18)/t12-,13+,14+/m0/s1. The number of ether oxygens (including phenoxy) is 1. The number of amides is 1. The van der Waals surface area contributed by atoms with Gasteiger partial charge >= 0.3 is 0 Å². The zero-order valence-electron chi connectivity index (χ0n) is 13.1. The molecule has 3 atom stereocenters. The van der Waals surface area contributed by atoms with Crippen molar-refractivity contribution < 1.29 is 17.9 Å². The van der Waals surface area contributed by atoms with Gasteiger partial charge in [-0.25, -0.2) is 8.42 Å². The van der Waals surface area contributed by atoms with E-state index in [1.165, 1.54) is 11.3 Å². The van der Waals surface area contributed by atoms with Gasteiger partial charge in [-0.3, -0.25) is 4.79 Å². The molecule has 0 spiro atoms. The molecule has 0 radical (unpaired) electrons. The lowest BCUT2D eigenvalue weighted by Crippen LogP contribution is -2.36. The van der Waals surface area contributed by atoms with Crippen molar-refractivity contribution in [1.82, 2.24) is 9.62 Å². The number of nitrogens with one attached hydrogen (secondary N) is 1. The number of hydrogen-bond acceptors (Lipinski definition) is 5. The maximum absolute atomic E-state index is 12.2. The molecule has 0 bridgehead atoms.